The van der Waals surface area contributed by atoms with Crippen LogP contribution in [0.5, 0.6) is 0 Å². The van der Waals surface area contributed by atoms with E-state index in [0.29, 0.717) is 12.2 Å². The van der Waals surface area contributed by atoms with Crippen molar-refractivity contribution in [3.63, 3.8) is 0 Å². The van der Waals surface area contributed by atoms with Gasteiger partial charge in [-0.2, -0.15) is 0 Å². The second-order valence-corrected chi connectivity index (χ2v) is 5.72. The number of halogens is 1. The Labute approximate surface area is 96.1 Å². The first-order chi connectivity index (χ1) is 7.45. The van der Waals surface area contributed by atoms with Crippen LogP contribution in [-0.2, 0) is 22.6 Å². The maximum absolute atomic E-state index is 11.0. The quantitative estimate of drug-likeness (QED) is 0.726. The standard InChI is InChI=1S/C7H8ClN5O2S/c1-12-2-6(10-11-12)3-13-4-7(9-5-13)16(8,14)15/h2,4-5H,3H2,1H3. The fourth-order valence-electron chi connectivity index (χ4n) is 1.21. The van der Waals surface area contributed by atoms with E-state index in [2.05, 4.69) is 15.3 Å². The summed E-state index contributed by atoms with van der Waals surface area (Å²) in [6.45, 7) is 0.396. The van der Waals surface area contributed by atoms with Gasteiger partial charge in [-0.25, -0.2) is 13.4 Å². The van der Waals surface area contributed by atoms with Gasteiger partial charge in [-0.15, -0.1) is 5.10 Å². The van der Waals surface area contributed by atoms with Crippen LogP contribution in [0.2, 0.25) is 0 Å². The Balaban J connectivity index is 2.21. The summed E-state index contributed by atoms with van der Waals surface area (Å²) >= 11 is 0. The Bertz CT molecular complexity index is 602. The van der Waals surface area contributed by atoms with Crippen LogP contribution in [0.25, 0.3) is 0 Å². The number of hydrogen-bond donors (Lipinski definition) is 0. The number of rotatable bonds is 3. The van der Waals surface area contributed by atoms with Gasteiger partial charge in [-0.1, -0.05) is 5.21 Å². The lowest BCUT2D eigenvalue weighted by Gasteiger charge is -1.95. The van der Waals surface area contributed by atoms with Gasteiger partial charge in [0.2, 0.25) is 0 Å². The molecule has 0 saturated carbocycles. The van der Waals surface area contributed by atoms with E-state index >= 15 is 0 Å². The van der Waals surface area contributed by atoms with Crippen LogP contribution in [-0.4, -0.2) is 33.0 Å². The van der Waals surface area contributed by atoms with Gasteiger partial charge in [0, 0.05) is 30.1 Å². The van der Waals surface area contributed by atoms with E-state index in [1.807, 2.05) is 0 Å². The van der Waals surface area contributed by atoms with Gasteiger partial charge in [-0.05, 0) is 0 Å². The molecule has 0 amide bonds. The third kappa shape index (κ3) is 2.39. The van der Waals surface area contributed by atoms with Crippen LogP contribution in [0.15, 0.2) is 23.7 Å². The first-order valence-corrected chi connectivity index (χ1v) is 6.58. The highest BCUT2D eigenvalue weighted by Crippen LogP contribution is 2.11. The maximum atomic E-state index is 11.0. The Morgan fingerprint density at radius 3 is 2.69 bits per heavy atom. The van der Waals surface area contributed by atoms with Crippen LogP contribution >= 0.6 is 10.7 Å². The van der Waals surface area contributed by atoms with E-state index < -0.39 is 9.05 Å². The second-order valence-electron chi connectivity index (χ2n) is 3.21. The average molecular weight is 262 g/mol. The van der Waals surface area contributed by atoms with E-state index in [1.54, 1.807) is 22.5 Å². The van der Waals surface area contributed by atoms with Gasteiger partial charge in [0.05, 0.1) is 12.9 Å². The molecule has 0 aliphatic rings. The number of aryl methyl sites for hydroxylation is 1. The van der Waals surface area contributed by atoms with Crippen LogP contribution in [0.3, 0.4) is 0 Å². The van der Waals surface area contributed by atoms with Crippen LogP contribution in [0, 0.1) is 0 Å². The molecule has 16 heavy (non-hydrogen) atoms. The minimum Gasteiger partial charge on any atom is -0.330 e. The van der Waals surface area contributed by atoms with E-state index in [-0.39, 0.29) is 5.03 Å². The van der Waals surface area contributed by atoms with Crippen molar-refractivity contribution in [3.8, 4) is 0 Å². The fraction of sp³-hybridized carbons (Fsp3) is 0.286. The zero-order valence-electron chi connectivity index (χ0n) is 8.28. The van der Waals surface area contributed by atoms with Crippen molar-refractivity contribution in [1.82, 2.24) is 24.5 Å². The molecule has 0 atom stereocenters. The third-order valence-electron chi connectivity index (χ3n) is 1.85. The number of nitrogens with zero attached hydrogens (tertiary/aromatic N) is 5. The number of aromatic nitrogens is 5. The normalized spacial score (nSPS) is 11.9. The monoisotopic (exact) mass is 261 g/mol. The van der Waals surface area contributed by atoms with Crippen molar-refractivity contribution >= 4 is 19.7 Å². The van der Waals surface area contributed by atoms with Gasteiger partial charge in [0.25, 0.3) is 9.05 Å². The minimum absolute atomic E-state index is 0.168. The average Bonchev–Trinajstić information content (AvgIpc) is 2.74. The summed E-state index contributed by atoms with van der Waals surface area (Å²) in [6.07, 6.45) is 4.45. The zero-order valence-corrected chi connectivity index (χ0v) is 9.85. The molecule has 0 unspecified atom stereocenters. The largest absolute Gasteiger partial charge is 0.330 e. The highest BCUT2D eigenvalue weighted by atomic mass is 35.7. The smallest absolute Gasteiger partial charge is 0.280 e. The predicted octanol–water partition coefficient (Wildman–Crippen LogP) is -0.0126. The second kappa shape index (κ2) is 3.87. The van der Waals surface area contributed by atoms with Gasteiger partial charge < -0.3 is 4.57 Å². The molecule has 0 spiro atoms. The molecule has 2 heterocycles. The highest BCUT2D eigenvalue weighted by molar-refractivity contribution is 8.13. The zero-order chi connectivity index (χ0) is 11.8. The highest BCUT2D eigenvalue weighted by Gasteiger charge is 2.13. The molecule has 0 aromatic carbocycles. The molecule has 2 aromatic rings. The molecule has 9 heteroatoms. The molecule has 7 nitrogen and oxygen atoms in total. The lowest BCUT2D eigenvalue weighted by atomic mass is 10.5. The van der Waals surface area contributed by atoms with Crippen molar-refractivity contribution in [2.75, 3.05) is 0 Å². The summed E-state index contributed by atoms with van der Waals surface area (Å²) in [5, 5.41) is 7.45. The van der Waals surface area contributed by atoms with Crippen molar-refractivity contribution < 1.29 is 8.42 Å². The summed E-state index contributed by atoms with van der Waals surface area (Å²) in [5.41, 5.74) is 0.707. The first kappa shape index (κ1) is 11.1. The van der Waals surface area contributed by atoms with Crippen LogP contribution in [0.4, 0.5) is 0 Å². The third-order valence-corrected chi connectivity index (χ3v) is 3.04. The Morgan fingerprint density at radius 2 is 2.19 bits per heavy atom. The molecular weight excluding hydrogens is 254 g/mol. The van der Waals surface area contributed by atoms with Gasteiger partial charge in [-0.3, -0.25) is 4.68 Å². The Hall–Kier alpha value is -1.41. The Morgan fingerprint density at radius 1 is 1.44 bits per heavy atom. The molecule has 0 bridgehead atoms. The van der Waals surface area contributed by atoms with Crippen LogP contribution in [0.1, 0.15) is 5.69 Å². The van der Waals surface area contributed by atoms with Crippen LogP contribution < -0.4 is 0 Å². The summed E-state index contributed by atoms with van der Waals surface area (Å²) in [6, 6.07) is 0. The van der Waals surface area contributed by atoms with Crippen molar-refractivity contribution in [2.24, 2.45) is 7.05 Å². The molecule has 2 aromatic heterocycles. The summed E-state index contributed by atoms with van der Waals surface area (Å²) in [7, 11) is 3.12. The molecule has 0 aliphatic heterocycles. The van der Waals surface area contributed by atoms with E-state index in [0.717, 1.165) is 0 Å². The molecule has 86 valence electrons. The fourth-order valence-corrected chi connectivity index (χ4v) is 1.88. The molecular formula is C7H8ClN5O2S. The topological polar surface area (TPSA) is 82.7 Å². The lowest BCUT2D eigenvalue weighted by Crippen LogP contribution is -1.97. The summed E-state index contributed by atoms with van der Waals surface area (Å²) in [4.78, 5) is 3.68. The van der Waals surface area contributed by atoms with Gasteiger partial charge in [0.1, 0.15) is 5.69 Å². The molecule has 0 N–H and O–H groups in total. The van der Waals surface area contributed by atoms with E-state index in [1.165, 1.54) is 12.5 Å². The summed E-state index contributed by atoms with van der Waals surface area (Å²) < 4.78 is 25.1. The van der Waals surface area contributed by atoms with Crippen molar-refractivity contribution in [1.29, 1.82) is 0 Å². The van der Waals surface area contributed by atoms with Crippen molar-refractivity contribution in [2.45, 2.75) is 11.6 Å². The molecule has 2 rings (SSSR count). The van der Waals surface area contributed by atoms with Gasteiger partial charge in [0.15, 0.2) is 5.03 Å². The molecule has 0 saturated heterocycles. The lowest BCUT2D eigenvalue weighted by molar-refractivity contribution is 0.606. The predicted molar refractivity (Wildman–Crippen MR) is 55.4 cm³/mol. The molecule has 0 aliphatic carbocycles. The van der Waals surface area contributed by atoms with Crippen molar-refractivity contribution in [3.05, 3.63) is 24.4 Å². The van der Waals surface area contributed by atoms with Gasteiger partial charge >= 0.3 is 0 Å². The van der Waals surface area contributed by atoms with E-state index in [9.17, 15) is 8.42 Å². The Kier molecular flexibility index (Phi) is 2.68. The first-order valence-electron chi connectivity index (χ1n) is 4.27. The number of imidazole rings is 1. The SMILES string of the molecule is Cn1cc(Cn2cnc(S(=O)(=O)Cl)c2)nn1. The summed E-state index contributed by atoms with van der Waals surface area (Å²) in [5.74, 6) is 0. The molecule has 0 fully saturated rings. The minimum atomic E-state index is -3.77. The maximum Gasteiger partial charge on any atom is 0.280 e. The van der Waals surface area contributed by atoms with E-state index in [4.69, 9.17) is 10.7 Å². The number of hydrogen-bond acceptors (Lipinski definition) is 5. The molecule has 0 radical (unpaired) electrons.